The van der Waals surface area contributed by atoms with Gasteiger partial charge >= 0.3 is 0 Å². The van der Waals surface area contributed by atoms with E-state index >= 15 is 0 Å². The van der Waals surface area contributed by atoms with E-state index in [2.05, 4.69) is 68.1 Å². The summed E-state index contributed by atoms with van der Waals surface area (Å²) in [6.45, 7) is 6.34. The summed E-state index contributed by atoms with van der Waals surface area (Å²) in [7, 11) is 2.10. The van der Waals surface area contributed by atoms with Crippen LogP contribution >= 0.6 is 0 Å². The van der Waals surface area contributed by atoms with Crippen molar-refractivity contribution in [3.63, 3.8) is 0 Å². The summed E-state index contributed by atoms with van der Waals surface area (Å²) >= 11 is 0. The second-order valence-electron chi connectivity index (χ2n) is 6.34. The lowest BCUT2D eigenvalue weighted by molar-refractivity contribution is 0.516. The van der Waals surface area contributed by atoms with Crippen LogP contribution in [0.1, 0.15) is 26.3 Å². The van der Waals surface area contributed by atoms with Crippen molar-refractivity contribution in [1.29, 1.82) is 0 Å². The Morgan fingerprint density at radius 3 is 2.74 bits per heavy atom. The molecule has 0 saturated heterocycles. The second kappa shape index (κ2) is 7.98. The Balaban J connectivity index is 2.11. The van der Waals surface area contributed by atoms with E-state index in [1.807, 2.05) is 25.2 Å². The summed E-state index contributed by atoms with van der Waals surface area (Å²) in [5.74, 6) is 0.394. The molecule has 0 spiro atoms. The number of aryl methyl sites for hydroxylation is 1. The number of fused-ring (bicyclic) bond motifs is 1. The van der Waals surface area contributed by atoms with Crippen molar-refractivity contribution in [3.05, 3.63) is 72.0 Å². The molecular formula is C21H28N2. The summed E-state index contributed by atoms with van der Waals surface area (Å²) in [5, 5.41) is 1.34. The zero-order valence-electron chi connectivity index (χ0n) is 14.7. The highest BCUT2D eigenvalue weighted by Gasteiger charge is 2.14. The van der Waals surface area contributed by atoms with Gasteiger partial charge in [-0.1, -0.05) is 61.1 Å². The summed E-state index contributed by atoms with van der Waals surface area (Å²) in [6, 6.07) is 8.62. The van der Waals surface area contributed by atoms with Crippen molar-refractivity contribution >= 4 is 10.9 Å². The second-order valence-corrected chi connectivity index (χ2v) is 6.34. The smallest absolute Gasteiger partial charge is 0.0480 e. The monoisotopic (exact) mass is 308 g/mol. The van der Waals surface area contributed by atoms with Crippen LogP contribution in [0.3, 0.4) is 0 Å². The Bertz CT molecular complexity index is 731. The largest absolute Gasteiger partial charge is 0.350 e. The van der Waals surface area contributed by atoms with E-state index in [0.717, 1.165) is 6.42 Å². The van der Waals surface area contributed by atoms with E-state index in [-0.39, 0.29) is 6.04 Å². The van der Waals surface area contributed by atoms with Crippen LogP contribution in [0, 0.1) is 5.92 Å². The standard InChI is InChI=1S/C21H28N2/c1-5-6-7-10-16(2)13-20(22)17(3)14-18-15-23(4)21-12-9-8-11-19(18)21/h5-13,15,17,20H,14,22H2,1-4H3/b6-5-,10-7-,16-13+. The first-order chi connectivity index (χ1) is 11.0. The summed E-state index contributed by atoms with van der Waals surface area (Å²) in [5.41, 5.74) is 10.3. The third-order valence-electron chi connectivity index (χ3n) is 4.30. The fourth-order valence-corrected chi connectivity index (χ4v) is 2.91. The summed E-state index contributed by atoms with van der Waals surface area (Å²) in [4.78, 5) is 0. The maximum Gasteiger partial charge on any atom is 0.0480 e. The van der Waals surface area contributed by atoms with Crippen molar-refractivity contribution in [2.24, 2.45) is 18.7 Å². The lowest BCUT2D eigenvalue weighted by Gasteiger charge is -2.17. The molecule has 1 aromatic heterocycles. The Kier molecular flexibility index (Phi) is 6.00. The third-order valence-corrected chi connectivity index (χ3v) is 4.30. The van der Waals surface area contributed by atoms with Crippen molar-refractivity contribution in [2.75, 3.05) is 0 Å². The number of hydrogen-bond acceptors (Lipinski definition) is 1. The highest BCUT2D eigenvalue weighted by atomic mass is 14.9. The van der Waals surface area contributed by atoms with Crippen LogP contribution < -0.4 is 5.73 Å². The van der Waals surface area contributed by atoms with Crippen molar-refractivity contribution in [3.8, 4) is 0 Å². The molecule has 2 nitrogen and oxygen atoms in total. The first kappa shape index (κ1) is 17.3. The molecule has 1 aromatic carbocycles. The molecule has 2 rings (SSSR count). The zero-order chi connectivity index (χ0) is 16.8. The van der Waals surface area contributed by atoms with Crippen LogP contribution in [-0.4, -0.2) is 10.6 Å². The molecule has 0 radical (unpaired) electrons. The van der Waals surface area contributed by atoms with Crippen LogP contribution in [0.5, 0.6) is 0 Å². The molecule has 2 N–H and O–H groups in total. The van der Waals surface area contributed by atoms with Gasteiger partial charge in [-0.15, -0.1) is 0 Å². The Morgan fingerprint density at radius 2 is 2.00 bits per heavy atom. The van der Waals surface area contributed by atoms with Gasteiger partial charge in [0.05, 0.1) is 0 Å². The van der Waals surface area contributed by atoms with E-state index in [9.17, 15) is 0 Å². The third kappa shape index (κ3) is 4.46. The maximum atomic E-state index is 6.39. The molecule has 1 heterocycles. The summed E-state index contributed by atoms with van der Waals surface area (Å²) in [6.07, 6.45) is 13.6. The van der Waals surface area contributed by atoms with Crippen LogP contribution in [0.2, 0.25) is 0 Å². The molecule has 0 aliphatic carbocycles. The van der Waals surface area contributed by atoms with Gasteiger partial charge in [0, 0.05) is 30.2 Å². The number of allylic oxidation sites excluding steroid dienone is 5. The van der Waals surface area contributed by atoms with E-state index in [1.54, 1.807) is 0 Å². The SMILES string of the molecule is C\C=C/C=C\C(C)=C\C(N)C(C)Cc1cn(C)c2ccccc12. The molecule has 2 atom stereocenters. The van der Waals surface area contributed by atoms with Gasteiger partial charge in [-0.3, -0.25) is 0 Å². The van der Waals surface area contributed by atoms with Gasteiger partial charge in [-0.2, -0.15) is 0 Å². The molecule has 2 aromatic rings. The predicted octanol–water partition coefficient (Wildman–Crippen LogP) is 4.76. The fourth-order valence-electron chi connectivity index (χ4n) is 2.91. The van der Waals surface area contributed by atoms with Gasteiger partial charge in [0.1, 0.15) is 0 Å². The molecule has 2 heteroatoms. The molecule has 0 bridgehead atoms. The maximum absolute atomic E-state index is 6.39. The Hall–Kier alpha value is -2.06. The number of hydrogen-bond donors (Lipinski definition) is 1. The number of rotatable bonds is 6. The number of para-hydroxylation sites is 1. The van der Waals surface area contributed by atoms with Gasteiger partial charge in [0.25, 0.3) is 0 Å². The van der Waals surface area contributed by atoms with E-state index in [0.29, 0.717) is 5.92 Å². The number of aromatic nitrogens is 1. The van der Waals surface area contributed by atoms with E-state index < -0.39 is 0 Å². The summed E-state index contributed by atoms with van der Waals surface area (Å²) < 4.78 is 2.20. The van der Waals surface area contributed by atoms with E-state index in [4.69, 9.17) is 5.73 Å². The molecule has 2 unspecified atom stereocenters. The molecule has 23 heavy (non-hydrogen) atoms. The molecule has 0 fully saturated rings. The van der Waals surface area contributed by atoms with Crippen LogP contribution in [0.25, 0.3) is 10.9 Å². The van der Waals surface area contributed by atoms with E-state index in [1.165, 1.54) is 22.0 Å². The molecule has 0 saturated carbocycles. The number of benzene rings is 1. The van der Waals surface area contributed by atoms with Crippen molar-refractivity contribution in [1.82, 2.24) is 4.57 Å². The normalized spacial score (nSPS) is 15.8. The predicted molar refractivity (Wildman–Crippen MR) is 101 cm³/mol. The topological polar surface area (TPSA) is 30.9 Å². The minimum Gasteiger partial charge on any atom is -0.350 e. The average molecular weight is 308 g/mol. The lowest BCUT2D eigenvalue weighted by atomic mass is 9.93. The van der Waals surface area contributed by atoms with Gasteiger partial charge in [0.2, 0.25) is 0 Å². The minimum atomic E-state index is 0.0595. The fraction of sp³-hybridized carbons (Fsp3) is 0.333. The quantitative estimate of drug-likeness (QED) is 0.766. The van der Waals surface area contributed by atoms with Crippen LogP contribution in [-0.2, 0) is 13.5 Å². The highest BCUT2D eigenvalue weighted by molar-refractivity contribution is 5.83. The highest BCUT2D eigenvalue weighted by Crippen LogP contribution is 2.24. The first-order valence-corrected chi connectivity index (χ1v) is 8.29. The van der Waals surface area contributed by atoms with Crippen molar-refractivity contribution < 1.29 is 0 Å². The molecule has 0 aliphatic rings. The first-order valence-electron chi connectivity index (χ1n) is 8.29. The molecule has 122 valence electrons. The lowest BCUT2D eigenvalue weighted by Crippen LogP contribution is -2.27. The molecule has 0 amide bonds. The van der Waals surface area contributed by atoms with Gasteiger partial charge in [-0.25, -0.2) is 0 Å². The minimum absolute atomic E-state index is 0.0595. The zero-order valence-corrected chi connectivity index (χ0v) is 14.7. The number of nitrogens with two attached hydrogens (primary N) is 1. The van der Waals surface area contributed by atoms with Gasteiger partial charge in [-0.05, 0) is 37.8 Å². The molecule has 0 aliphatic heterocycles. The molecular weight excluding hydrogens is 280 g/mol. The Labute approximate surface area is 140 Å². The van der Waals surface area contributed by atoms with Crippen LogP contribution in [0.4, 0.5) is 0 Å². The number of nitrogens with zero attached hydrogens (tertiary/aromatic N) is 1. The van der Waals surface area contributed by atoms with Gasteiger partial charge in [0.15, 0.2) is 0 Å². The Morgan fingerprint density at radius 1 is 1.26 bits per heavy atom. The van der Waals surface area contributed by atoms with Gasteiger partial charge < -0.3 is 10.3 Å². The van der Waals surface area contributed by atoms with Crippen LogP contribution in [0.15, 0.2) is 66.4 Å². The average Bonchev–Trinajstić information content (AvgIpc) is 2.84. The van der Waals surface area contributed by atoms with Crippen molar-refractivity contribution in [2.45, 2.75) is 33.2 Å².